The molecule has 1 saturated heterocycles. The van der Waals surface area contributed by atoms with Crippen LogP contribution in [0, 0.1) is 5.82 Å². The van der Waals surface area contributed by atoms with Gasteiger partial charge in [0.25, 0.3) is 0 Å². The zero-order chi connectivity index (χ0) is 11.5. The highest BCUT2D eigenvalue weighted by Gasteiger charge is 2.16. The van der Waals surface area contributed by atoms with Gasteiger partial charge in [0.2, 0.25) is 0 Å². The molecule has 1 aliphatic rings. The highest BCUT2D eigenvalue weighted by atomic mass is 35.5. The molecule has 0 amide bonds. The average molecular weight is 279 g/mol. The molecule has 0 aliphatic carbocycles. The molecule has 0 spiro atoms. The largest absolute Gasteiger partial charge is 0.327 e. The molecule has 17 heavy (non-hydrogen) atoms. The van der Waals surface area contributed by atoms with Crippen LogP contribution in [-0.4, -0.2) is 24.0 Å². The molecule has 0 bridgehead atoms. The second-order valence-electron chi connectivity index (χ2n) is 4.42. The zero-order valence-corrected chi connectivity index (χ0v) is 11.1. The fourth-order valence-electron chi connectivity index (χ4n) is 2.20. The summed E-state index contributed by atoms with van der Waals surface area (Å²) in [5.41, 5.74) is 6.81. The first-order chi connectivity index (χ1) is 7.63. The van der Waals surface area contributed by atoms with E-state index in [1.165, 1.54) is 12.1 Å². The van der Waals surface area contributed by atoms with E-state index in [0.717, 1.165) is 38.0 Å². The van der Waals surface area contributed by atoms with Crippen molar-refractivity contribution in [1.29, 1.82) is 0 Å². The van der Waals surface area contributed by atoms with Gasteiger partial charge in [-0.3, -0.25) is 4.90 Å². The molecule has 1 aromatic carbocycles. The Hall–Kier alpha value is -0.350. The van der Waals surface area contributed by atoms with Gasteiger partial charge >= 0.3 is 0 Å². The fraction of sp³-hybridized carbons (Fsp3) is 0.500. The Morgan fingerprint density at radius 2 is 2.18 bits per heavy atom. The van der Waals surface area contributed by atoms with Gasteiger partial charge in [0, 0.05) is 24.2 Å². The van der Waals surface area contributed by atoms with Crippen molar-refractivity contribution in [3.63, 3.8) is 0 Å². The summed E-state index contributed by atoms with van der Waals surface area (Å²) in [6.45, 7) is 2.64. The Bertz CT molecular complexity index is 353. The van der Waals surface area contributed by atoms with Gasteiger partial charge in [-0.1, -0.05) is 11.6 Å². The van der Waals surface area contributed by atoms with Gasteiger partial charge in [0.1, 0.15) is 5.82 Å². The molecule has 1 aromatic rings. The third-order valence-corrected chi connectivity index (χ3v) is 3.09. The van der Waals surface area contributed by atoms with E-state index in [1.807, 2.05) is 6.07 Å². The monoisotopic (exact) mass is 278 g/mol. The van der Waals surface area contributed by atoms with Crippen molar-refractivity contribution in [2.24, 2.45) is 5.73 Å². The molecule has 1 aliphatic heterocycles. The summed E-state index contributed by atoms with van der Waals surface area (Å²) in [6, 6.07) is 4.92. The molecule has 1 unspecified atom stereocenters. The van der Waals surface area contributed by atoms with Crippen molar-refractivity contribution in [2.75, 3.05) is 13.1 Å². The van der Waals surface area contributed by atoms with E-state index in [0.29, 0.717) is 5.02 Å². The number of likely N-dealkylation sites (tertiary alicyclic amines) is 1. The van der Waals surface area contributed by atoms with Crippen LogP contribution in [0.3, 0.4) is 0 Å². The lowest BCUT2D eigenvalue weighted by Gasteiger charge is -2.30. The third-order valence-electron chi connectivity index (χ3n) is 2.87. The van der Waals surface area contributed by atoms with E-state index in [9.17, 15) is 4.39 Å². The maximum atomic E-state index is 13.1. The molecule has 1 fully saturated rings. The van der Waals surface area contributed by atoms with E-state index < -0.39 is 0 Å². The number of hydrogen-bond donors (Lipinski definition) is 1. The van der Waals surface area contributed by atoms with Crippen LogP contribution in [0.5, 0.6) is 0 Å². The normalized spacial score (nSPS) is 21.0. The zero-order valence-electron chi connectivity index (χ0n) is 9.53. The second kappa shape index (κ2) is 6.55. The van der Waals surface area contributed by atoms with Crippen LogP contribution in [0.25, 0.3) is 0 Å². The topological polar surface area (TPSA) is 29.3 Å². The summed E-state index contributed by atoms with van der Waals surface area (Å²) in [7, 11) is 0. The molecule has 0 saturated carbocycles. The van der Waals surface area contributed by atoms with E-state index in [2.05, 4.69) is 4.90 Å². The Kier molecular flexibility index (Phi) is 5.67. The van der Waals surface area contributed by atoms with E-state index >= 15 is 0 Å². The van der Waals surface area contributed by atoms with Gasteiger partial charge in [-0.15, -0.1) is 12.4 Å². The molecule has 2 N–H and O–H groups in total. The smallest absolute Gasteiger partial charge is 0.125 e. The molecular formula is C12H17Cl2FN2. The first-order valence-corrected chi connectivity index (χ1v) is 5.94. The van der Waals surface area contributed by atoms with Crippen LogP contribution < -0.4 is 5.73 Å². The molecule has 1 atom stereocenters. The highest BCUT2D eigenvalue weighted by Crippen LogP contribution is 2.17. The predicted molar refractivity (Wildman–Crippen MR) is 71.1 cm³/mol. The molecule has 0 aromatic heterocycles. The van der Waals surface area contributed by atoms with Crippen LogP contribution in [0.15, 0.2) is 18.2 Å². The van der Waals surface area contributed by atoms with Crippen LogP contribution >= 0.6 is 24.0 Å². The maximum absolute atomic E-state index is 13.1. The maximum Gasteiger partial charge on any atom is 0.125 e. The third kappa shape index (κ3) is 4.43. The van der Waals surface area contributed by atoms with Gasteiger partial charge < -0.3 is 5.73 Å². The van der Waals surface area contributed by atoms with Gasteiger partial charge in [0.15, 0.2) is 0 Å². The lowest BCUT2D eigenvalue weighted by atomic mass is 10.1. The molecule has 2 rings (SSSR count). The number of halogens is 3. The second-order valence-corrected chi connectivity index (χ2v) is 4.85. The number of rotatable bonds is 2. The van der Waals surface area contributed by atoms with Crippen molar-refractivity contribution in [1.82, 2.24) is 4.90 Å². The van der Waals surface area contributed by atoms with Gasteiger partial charge in [0.05, 0.1) is 0 Å². The Labute approximate surface area is 112 Å². The summed E-state index contributed by atoms with van der Waals surface area (Å²) in [6.07, 6.45) is 2.20. The minimum absolute atomic E-state index is 0. The fourth-order valence-corrected chi connectivity index (χ4v) is 2.44. The van der Waals surface area contributed by atoms with Crippen LogP contribution in [0.4, 0.5) is 4.39 Å². The van der Waals surface area contributed by atoms with Crippen LogP contribution in [-0.2, 0) is 6.54 Å². The van der Waals surface area contributed by atoms with Gasteiger partial charge in [-0.05, 0) is 43.1 Å². The molecule has 2 nitrogen and oxygen atoms in total. The van der Waals surface area contributed by atoms with Crippen LogP contribution in [0.1, 0.15) is 18.4 Å². The average Bonchev–Trinajstić information content (AvgIpc) is 2.15. The van der Waals surface area contributed by atoms with Crippen molar-refractivity contribution >= 4 is 24.0 Å². The Balaban J connectivity index is 0.00000144. The van der Waals surface area contributed by atoms with E-state index in [4.69, 9.17) is 17.3 Å². The SMILES string of the molecule is Cl.NC1CCCN(Cc2cc(F)cc(Cl)c2)C1. The lowest BCUT2D eigenvalue weighted by Crippen LogP contribution is -2.42. The predicted octanol–water partition coefficient (Wildman–Crippen LogP) is 2.82. The standard InChI is InChI=1S/C12H16ClFN2.ClH/c13-10-4-9(5-11(14)6-10)7-16-3-1-2-12(15)8-16;/h4-6,12H,1-3,7-8,15H2;1H. The quantitative estimate of drug-likeness (QED) is 0.902. The summed E-state index contributed by atoms with van der Waals surface area (Å²) < 4.78 is 13.1. The van der Waals surface area contributed by atoms with Crippen molar-refractivity contribution < 1.29 is 4.39 Å². The number of nitrogens with two attached hydrogens (primary N) is 1. The van der Waals surface area contributed by atoms with Crippen molar-refractivity contribution in [3.8, 4) is 0 Å². The van der Waals surface area contributed by atoms with Gasteiger partial charge in [-0.2, -0.15) is 0 Å². The van der Waals surface area contributed by atoms with E-state index in [1.54, 1.807) is 0 Å². The van der Waals surface area contributed by atoms with Crippen molar-refractivity contribution in [3.05, 3.63) is 34.6 Å². The summed E-state index contributed by atoms with van der Waals surface area (Å²) >= 11 is 5.81. The Morgan fingerprint density at radius 3 is 2.82 bits per heavy atom. The Morgan fingerprint density at radius 1 is 1.41 bits per heavy atom. The number of hydrogen-bond acceptors (Lipinski definition) is 2. The minimum Gasteiger partial charge on any atom is -0.327 e. The summed E-state index contributed by atoms with van der Waals surface area (Å²) in [4.78, 5) is 2.25. The molecule has 0 radical (unpaired) electrons. The van der Waals surface area contributed by atoms with Crippen LogP contribution in [0.2, 0.25) is 5.02 Å². The minimum atomic E-state index is -0.274. The number of benzene rings is 1. The first kappa shape index (κ1) is 14.7. The van der Waals surface area contributed by atoms with Crippen molar-refractivity contribution in [2.45, 2.75) is 25.4 Å². The lowest BCUT2D eigenvalue weighted by molar-refractivity contribution is 0.201. The highest BCUT2D eigenvalue weighted by molar-refractivity contribution is 6.30. The number of nitrogens with zero attached hydrogens (tertiary/aromatic N) is 1. The van der Waals surface area contributed by atoms with Gasteiger partial charge in [-0.25, -0.2) is 4.39 Å². The molecule has 1 heterocycles. The summed E-state index contributed by atoms with van der Waals surface area (Å²) in [5.74, 6) is -0.274. The first-order valence-electron chi connectivity index (χ1n) is 5.56. The van der Waals surface area contributed by atoms with E-state index in [-0.39, 0.29) is 24.3 Å². The summed E-state index contributed by atoms with van der Waals surface area (Å²) in [5, 5.41) is 0.455. The molecule has 96 valence electrons. The number of piperidine rings is 1. The molecular weight excluding hydrogens is 262 g/mol. The molecule has 5 heteroatoms.